The molecule has 19 heavy (non-hydrogen) atoms. The maximum Gasteiger partial charge on any atom is 0.106 e. The van der Waals surface area contributed by atoms with Gasteiger partial charge in [0, 0.05) is 11.8 Å². The van der Waals surface area contributed by atoms with Gasteiger partial charge in [-0.3, -0.25) is 0 Å². The summed E-state index contributed by atoms with van der Waals surface area (Å²) in [7, 11) is 0. The molecular weight excluding hydrogens is 236 g/mol. The maximum atomic E-state index is 10.8. The van der Waals surface area contributed by atoms with Gasteiger partial charge in [0.05, 0.1) is 12.4 Å². The first kappa shape index (κ1) is 12.5. The number of rotatable bonds is 4. The average Bonchev–Trinajstić information content (AvgIpc) is 3.11. The van der Waals surface area contributed by atoms with Gasteiger partial charge in [0.25, 0.3) is 0 Å². The zero-order chi connectivity index (χ0) is 13.1. The largest absolute Gasteiger partial charge is 0.469 e. The van der Waals surface area contributed by atoms with E-state index >= 15 is 0 Å². The highest BCUT2D eigenvalue weighted by atomic mass is 16.3. The van der Waals surface area contributed by atoms with Crippen LogP contribution in [0.3, 0.4) is 0 Å². The summed E-state index contributed by atoms with van der Waals surface area (Å²) in [5, 5.41) is 10.8. The van der Waals surface area contributed by atoms with Gasteiger partial charge in [-0.05, 0) is 30.5 Å². The lowest BCUT2D eigenvalue weighted by Gasteiger charge is -2.34. The molecule has 1 N–H and O–H groups in total. The van der Waals surface area contributed by atoms with E-state index in [4.69, 9.17) is 4.42 Å². The van der Waals surface area contributed by atoms with Crippen molar-refractivity contribution in [3.63, 3.8) is 0 Å². The summed E-state index contributed by atoms with van der Waals surface area (Å²) < 4.78 is 5.38. The molecule has 0 radical (unpaired) electrons. The second kappa shape index (κ2) is 5.22. The number of hydrogen-bond donors (Lipinski definition) is 1. The minimum atomic E-state index is -0.372. The van der Waals surface area contributed by atoms with Gasteiger partial charge >= 0.3 is 0 Å². The molecule has 0 saturated heterocycles. The van der Waals surface area contributed by atoms with Crippen molar-refractivity contribution in [3.8, 4) is 0 Å². The van der Waals surface area contributed by atoms with E-state index in [0.717, 1.165) is 18.6 Å². The molecule has 1 aromatic carbocycles. The third kappa shape index (κ3) is 2.33. The minimum absolute atomic E-state index is 0.0892. The number of hydrogen-bond acceptors (Lipinski definition) is 2. The van der Waals surface area contributed by atoms with E-state index in [2.05, 4.69) is 24.3 Å². The fraction of sp³-hybridized carbons (Fsp3) is 0.412. The van der Waals surface area contributed by atoms with Gasteiger partial charge in [0.2, 0.25) is 0 Å². The lowest BCUT2D eigenvalue weighted by molar-refractivity contribution is 0.0777. The molecule has 0 spiro atoms. The molecule has 1 heterocycles. The Kier molecular flexibility index (Phi) is 3.43. The normalized spacial score (nSPS) is 19.4. The topological polar surface area (TPSA) is 33.4 Å². The third-order valence-electron chi connectivity index (χ3n) is 4.46. The molecular formula is C17H20O2. The van der Waals surface area contributed by atoms with Crippen LogP contribution in [0.15, 0.2) is 53.1 Å². The highest BCUT2D eigenvalue weighted by Gasteiger charge is 2.42. The van der Waals surface area contributed by atoms with Crippen LogP contribution in [0.4, 0.5) is 0 Å². The summed E-state index contributed by atoms with van der Waals surface area (Å²) in [4.78, 5) is 0. The Hall–Kier alpha value is -1.54. The maximum absolute atomic E-state index is 10.8. The smallest absolute Gasteiger partial charge is 0.106 e. The van der Waals surface area contributed by atoms with E-state index in [9.17, 15) is 5.11 Å². The molecule has 1 fully saturated rings. The Bertz CT molecular complexity index is 495. The van der Waals surface area contributed by atoms with Crippen LogP contribution in [-0.2, 0) is 11.8 Å². The number of benzene rings is 1. The van der Waals surface area contributed by atoms with E-state index in [0.29, 0.717) is 6.42 Å². The monoisotopic (exact) mass is 256 g/mol. The zero-order valence-electron chi connectivity index (χ0n) is 11.1. The molecule has 1 saturated carbocycles. The van der Waals surface area contributed by atoms with Crippen LogP contribution in [0.25, 0.3) is 0 Å². The first-order valence-electron chi connectivity index (χ1n) is 7.07. The van der Waals surface area contributed by atoms with Crippen molar-refractivity contribution < 1.29 is 9.52 Å². The molecule has 0 aliphatic heterocycles. The summed E-state index contributed by atoms with van der Waals surface area (Å²) in [6.07, 6.45) is 6.43. The highest BCUT2D eigenvalue weighted by molar-refractivity contribution is 5.29. The van der Waals surface area contributed by atoms with Crippen LogP contribution in [0.1, 0.15) is 37.0 Å². The second-order valence-corrected chi connectivity index (χ2v) is 5.53. The molecule has 1 aliphatic rings. The summed E-state index contributed by atoms with van der Waals surface area (Å²) in [5.41, 5.74) is 1.18. The Morgan fingerprint density at radius 1 is 1.05 bits per heavy atom. The Morgan fingerprint density at radius 2 is 1.79 bits per heavy atom. The van der Waals surface area contributed by atoms with Gasteiger partial charge in [-0.1, -0.05) is 43.2 Å². The van der Waals surface area contributed by atoms with Crippen molar-refractivity contribution >= 4 is 0 Å². The van der Waals surface area contributed by atoms with E-state index < -0.39 is 0 Å². The summed E-state index contributed by atoms with van der Waals surface area (Å²) >= 11 is 0. The van der Waals surface area contributed by atoms with Gasteiger partial charge in [-0.15, -0.1) is 0 Å². The molecule has 0 bridgehead atoms. The number of aliphatic hydroxyl groups is 1. The van der Waals surface area contributed by atoms with Crippen molar-refractivity contribution in [1.82, 2.24) is 0 Å². The van der Waals surface area contributed by atoms with Crippen molar-refractivity contribution in [3.05, 3.63) is 60.1 Å². The molecule has 2 heteroatoms. The van der Waals surface area contributed by atoms with Gasteiger partial charge in [0.15, 0.2) is 0 Å². The quantitative estimate of drug-likeness (QED) is 0.905. The summed E-state index contributed by atoms with van der Waals surface area (Å²) in [6.45, 7) is 0. The number of furan rings is 1. The summed E-state index contributed by atoms with van der Waals surface area (Å²) in [5.74, 6) is 0.870. The predicted octanol–water partition coefficient (Wildman–Crippen LogP) is 3.70. The molecule has 3 rings (SSSR count). The summed E-state index contributed by atoms with van der Waals surface area (Å²) in [6, 6.07) is 14.3. The first-order chi connectivity index (χ1) is 9.31. The number of aliphatic hydroxyl groups excluding tert-OH is 1. The van der Waals surface area contributed by atoms with Crippen molar-refractivity contribution in [2.75, 3.05) is 0 Å². The van der Waals surface area contributed by atoms with Crippen LogP contribution in [0, 0.1) is 0 Å². The van der Waals surface area contributed by atoms with Gasteiger partial charge in [-0.2, -0.15) is 0 Å². The SMILES string of the molecule is OC(Cc1ccco1)C1(c2ccccc2)CCCC1. The molecule has 2 aromatic rings. The van der Waals surface area contributed by atoms with Crippen molar-refractivity contribution in [1.29, 1.82) is 0 Å². The Labute approximate surface area is 114 Å². The molecule has 1 aliphatic carbocycles. The lowest BCUT2D eigenvalue weighted by atomic mass is 9.73. The highest BCUT2D eigenvalue weighted by Crippen LogP contribution is 2.44. The van der Waals surface area contributed by atoms with Gasteiger partial charge < -0.3 is 9.52 Å². The van der Waals surface area contributed by atoms with Crippen molar-refractivity contribution in [2.45, 2.75) is 43.6 Å². The fourth-order valence-electron chi connectivity index (χ4n) is 3.40. The molecule has 1 atom stereocenters. The zero-order valence-corrected chi connectivity index (χ0v) is 11.1. The molecule has 1 unspecified atom stereocenters. The molecule has 0 amide bonds. The second-order valence-electron chi connectivity index (χ2n) is 5.53. The van der Waals surface area contributed by atoms with Crippen LogP contribution < -0.4 is 0 Å². The molecule has 1 aromatic heterocycles. The van der Waals surface area contributed by atoms with Crippen LogP contribution in [0.2, 0.25) is 0 Å². The molecule has 100 valence electrons. The molecule has 2 nitrogen and oxygen atoms in total. The van der Waals surface area contributed by atoms with Crippen LogP contribution in [0.5, 0.6) is 0 Å². The third-order valence-corrected chi connectivity index (χ3v) is 4.46. The van der Waals surface area contributed by atoms with E-state index in [-0.39, 0.29) is 11.5 Å². The van der Waals surface area contributed by atoms with Gasteiger partial charge in [0.1, 0.15) is 5.76 Å². The Morgan fingerprint density at radius 3 is 2.42 bits per heavy atom. The standard InChI is InChI=1S/C17H20O2/c18-16(13-15-9-6-12-19-15)17(10-4-5-11-17)14-7-2-1-3-8-14/h1-3,6-9,12,16,18H,4-5,10-11,13H2. The van der Waals surface area contributed by atoms with Crippen LogP contribution >= 0.6 is 0 Å². The van der Waals surface area contributed by atoms with E-state index in [1.165, 1.54) is 18.4 Å². The average molecular weight is 256 g/mol. The predicted molar refractivity (Wildman–Crippen MR) is 75.0 cm³/mol. The lowest BCUT2D eigenvalue weighted by Crippen LogP contribution is -2.38. The minimum Gasteiger partial charge on any atom is -0.469 e. The van der Waals surface area contributed by atoms with Gasteiger partial charge in [-0.25, -0.2) is 0 Å². The first-order valence-corrected chi connectivity index (χ1v) is 7.07. The van der Waals surface area contributed by atoms with Crippen molar-refractivity contribution in [2.24, 2.45) is 0 Å². The Balaban J connectivity index is 1.88. The van der Waals surface area contributed by atoms with Crippen LogP contribution in [-0.4, -0.2) is 11.2 Å². The van der Waals surface area contributed by atoms with E-state index in [1.807, 2.05) is 18.2 Å². The fourth-order valence-corrected chi connectivity index (χ4v) is 3.40. The van der Waals surface area contributed by atoms with E-state index in [1.54, 1.807) is 6.26 Å².